The van der Waals surface area contributed by atoms with Gasteiger partial charge in [-0.1, -0.05) is 24.8 Å². The minimum absolute atomic E-state index is 0.0760. The summed E-state index contributed by atoms with van der Waals surface area (Å²) in [6.45, 7) is 9.23. The van der Waals surface area contributed by atoms with Gasteiger partial charge in [-0.3, -0.25) is 9.59 Å². The summed E-state index contributed by atoms with van der Waals surface area (Å²) < 4.78 is 11.1. The average Bonchev–Trinajstić information content (AvgIpc) is 3.07. The first-order valence-electron chi connectivity index (χ1n) is 11.3. The van der Waals surface area contributed by atoms with Crippen LogP contribution in [0.25, 0.3) is 5.76 Å². The molecule has 180 valence electrons. The van der Waals surface area contributed by atoms with Gasteiger partial charge in [-0.25, -0.2) is 0 Å². The molecule has 2 aromatic rings. The molecule has 7 heteroatoms. The predicted octanol–water partition coefficient (Wildman–Crippen LogP) is 3.94. The van der Waals surface area contributed by atoms with Crippen molar-refractivity contribution in [3.8, 4) is 11.5 Å². The average molecular weight is 465 g/mol. The van der Waals surface area contributed by atoms with E-state index in [2.05, 4.69) is 6.58 Å². The topological polar surface area (TPSA) is 79.3 Å². The summed E-state index contributed by atoms with van der Waals surface area (Å²) >= 11 is 0. The Hall–Kier alpha value is -3.58. The van der Waals surface area contributed by atoms with Crippen LogP contribution in [0.4, 0.5) is 0 Å². The van der Waals surface area contributed by atoms with E-state index in [-0.39, 0.29) is 11.3 Å². The monoisotopic (exact) mass is 464 g/mol. The van der Waals surface area contributed by atoms with Crippen LogP contribution in [-0.4, -0.2) is 67.0 Å². The molecule has 1 fully saturated rings. The summed E-state index contributed by atoms with van der Waals surface area (Å²) in [5.41, 5.74) is 2.08. The fourth-order valence-electron chi connectivity index (χ4n) is 3.94. The van der Waals surface area contributed by atoms with E-state index in [1.807, 2.05) is 45.0 Å². The van der Waals surface area contributed by atoms with Gasteiger partial charge in [0.15, 0.2) is 0 Å². The molecule has 3 rings (SSSR count). The van der Waals surface area contributed by atoms with Crippen LogP contribution in [0.2, 0.25) is 0 Å². The Morgan fingerprint density at radius 2 is 1.85 bits per heavy atom. The van der Waals surface area contributed by atoms with Crippen LogP contribution >= 0.6 is 0 Å². The summed E-state index contributed by atoms with van der Waals surface area (Å²) in [6, 6.07) is 11.7. The number of likely N-dealkylation sites (N-methyl/N-ethyl adjacent to an activating group) is 1. The molecule has 7 nitrogen and oxygen atoms in total. The number of nitrogens with zero attached hydrogens (tertiary/aromatic N) is 2. The molecule has 0 aromatic heterocycles. The standard InChI is InChI=1S/C27H32N2O5/c1-6-16-34-21-11-8-19(9-12-21)24-23(26(31)27(32)29(24)15-14-28(4)5)25(30)20-10-13-22(33-7-2)18(3)17-20/h6,8-13,17,24,30H,1,7,14-16H2,2-5H3/t24-/m1/s1. The molecule has 0 bridgehead atoms. The van der Waals surface area contributed by atoms with Crippen molar-refractivity contribution in [2.75, 3.05) is 40.4 Å². The second kappa shape index (κ2) is 11.0. The lowest BCUT2D eigenvalue weighted by molar-refractivity contribution is -0.140. The Morgan fingerprint density at radius 1 is 1.15 bits per heavy atom. The van der Waals surface area contributed by atoms with Crippen molar-refractivity contribution in [3.05, 3.63) is 77.4 Å². The number of aryl methyl sites for hydroxylation is 1. The van der Waals surface area contributed by atoms with Gasteiger partial charge >= 0.3 is 0 Å². The number of rotatable bonds is 10. The first kappa shape index (κ1) is 25.1. The van der Waals surface area contributed by atoms with Gasteiger partial charge < -0.3 is 24.4 Å². The molecule has 1 N–H and O–H groups in total. The molecule has 1 atom stereocenters. The molecule has 0 aliphatic carbocycles. The van der Waals surface area contributed by atoms with Gasteiger partial charge in [0.1, 0.15) is 23.9 Å². The lowest BCUT2D eigenvalue weighted by Gasteiger charge is -2.26. The van der Waals surface area contributed by atoms with E-state index in [0.29, 0.717) is 48.9 Å². The zero-order valence-electron chi connectivity index (χ0n) is 20.2. The van der Waals surface area contributed by atoms with Crippen molar-refractivity contribution < 1.29 is 24.2 Å². The van der Waals surface area contributed by atoms with Gasteiger partial charge in [-0.2, -0.15) is 0 Å². The molecular formula is C27H32N2O5. The molecule has 1 amide bonds. The van der Waals surface area contributed by atoms with E-state index in [4.69, 9.17) is 9.47 Å². The highest BCUT2D eigenvalue weighted by atomic mass is 16.5. The first-order chi connectivity index (χ1) is 16.3. The number of likely N-dealkylation sites (tertiary alicyclic amines) is 1. The number of amides is 1. The normalized spacial score (nSPS) is 17.3. The lowest BCUT2D eigenvalue weighted by Crippen LogP contribution is -2.35. The maximum atomic E-state index is 13.1. The molecule has 0 spiro atoms. The first-order valence-corrected chi connectivity index (χ1v) is 11.3. The third kappa shape index (κ3) is 5.31. The highest BCUT2D eigenvalue weighted by molar-refractivity contribution is 6.46. The van der Waals surface area contributed by atoms with Crippen LogP contribution in [0.1, 0.15) is 29.7 Å². The minimum Gasteiger partial charge on any atom is -0.507 e. The Bertz CT molecular complexity index is 1090. The van der Waals surface area contributed by atoms with Crippen molar-refractivity contribution in [1.82, 2.24) is 9.80 Å². The molecule has 1 aliphatic rings. The SMILES string of the molecule is C=CCOc1ccc([C@@H]2C(=C(O)c3ccc(OCC)c(C)c3)C(=O)C(=O)N2CCN(C)C)cc1. The van der Waals surface area contributed by atoms with Crippen molar-refractivity contribution in [1.29, 1.82) is 0 Å². The number of carbonyl (C=O) groups is 2. The molecule has 0 saturated carbocycles. The molecule has 0 radical (unpaired) electrons. The highest BCUT2D eigenvalue weighted by Crippen LogP contribution is 2.40. The van der Waals surface area contributed by atoms with E-state index >= 15 is 0 Å². The molecule has 0 unspecified atom stereocenters. The third-order valence-electron chi connectivity index (χ3n) is 5.64. The number of aliphatic hydroxyl groups excluding tert-OH is 1. The van der Waals surface area contributed by atoms with Crippen LogP contribution in [0.15, 0.2) is 60.7 Å². The highest BCUT2D eigenvalue weighted by Gasteiger charge is 2.45. The van der Waals surface area contributed by atoms with Crippen LogP contribution in [0.3, 0.4) is 0 Å². The Kier molecular flexibility index (Phi) is 8.12. The molecule has 34 heavy (non-hydrogen) atoms. The van der Waals surface area contributed by atoms with Crippen LogP contribution < -0.4 is 9.47 Å². The summed E-state index contributed by atoms with van der Waals surface area (Å²) in [5.74, 6) is -0.162. The Balaban J connectivity index is 2.08. The summed E-state index contributed by atoms with van der Waals surface area (Å²) in [4.78, 5) is 29.6. The largest absolute Gasteiger partial charge is 0.507 e. The quantitative estimate of drug-likeness (QED) is 0.248. The number of hydrogen-bond acceptors (Lipinski definition) is 6. The maximum absolute atomic E-state index is 13.1. The number of ether oxygens (including phenoxy) is 2. The van der Waals surface area contributed by atoms with Crippen LogP contribution in [0.5, 0.6) is 11.5 Å². The Labute approximate surface area is 200 Å². The van der Waals surface area contributed by atoms with Gasteiger partial charge in [-0.15, -0.1) is 0 Å². The second-order valence-corrected chi connectivity index (χ2v) is 8.38. The summed E-state index contributed by atoms with van der Waals surface area (Å²) in [7, 11) is 3.81. The van der Waals surface area contributed by atoms with Gasteiger partial charge in [-0.05, 0) is 69.4 Å². The van der Waals surface area contributed by atoms with E-state index in [9.17, 15) is 14.7 Å². The predicted molar refractivity (Wildman–Crippen MR) is 132 cm³/mol. The van der Waals surface area contributed by atoms with Crippen molar-refractivity contribution >= 4 is 17.4 Å². The number of aliphatic hydroxyl groups is 1. The molecule has 1 heterocycles. The Morgan fingerprint density at radius 3 is 2.44 bits per heavy atom. The van der Waals surface area contributed by atoms with Crippen LogP contribution in [-0.2, 0) is 9.59 Å². The van der Waals surface area contributed by atoms with E-state index in [1.54, 1.807) is 36.4 Å². The lowest BCUT2D eigenvalue weighted by atomic mass is 9.94. The minimum atomic E-state index is -0.708. The van der Waals surface area contributed by atoms with Gasteiger partial charge in [0.2, 0.25) is 0 Å². The zero-order chi connectivity index (χ0) is 24.8. The summed E-state index contributed by atoms with van der Waals surface area (Å²) in [6.07, 6.45) is 1.66. The zero-order valence-corrected chi connectivity index (χ0v) is 20.2. The van der Waals surface area contributed by atoms with Gasteiger partial charge in [0.25, 0.3) is 11.7 Å². The van der Waals surface area contributed by atoms with Crippen LogP contribution in [0, 0.1) is 6.92 Å². The summed E-state index contributed by atoms with van der Waals surface area (Å²) in [5, 5.41) is 11.2. The molecule has 1 saturated heterocycles. The van der Waals surface area contributed by atoms with E-state index in [1.165, 1.54) is 4.90 Å². The maximum Gasteiger partial charge on any atom is 0.295 e. The number of Topliss-reactive ketones (excluding diaryl/α,β-unsaturated/α-hetero) is 1. The fourth-order valence-corrected chi connectivity index (χ4v) is 3.94. The fraction of sp³-hybridized carbons (Fsp3) is 0.333. The van der Waals surface area contributed by atoms with Crippen molar-refractivity contribution in [2.45, 2.75) is 19.9 Å². The number of benzene rings is 2. The number of hydrogen-bond donors (Lipinski definition) is 1. The molecule has 1 aliphatic heterocycles. The van der Waals surface area contributed by atoms with Gasteiger partial charge in [0.05, 0.1) is 18.2 Å². The molecule has 2 aromatic carbocycles. The smallest absolute Gasteiger partial charge is 0.295 e. The van der Waals surface area contributed by atoms with Gasteiger partial charge in [0, 0.05) is 18.7 Å². The molecular weight excluding hydrogens is 432 g/mol. The number of ketones is 1. The number of carbonyl (C=O) groups excluding carboxylic acids is 2. The second-order valence-electron chi connectivity index (χ2n) is 8.38. The van der Waals surface area contributed by atoms with E-state index < -0.39 is 17.7 Å². The van der Waals surface area contributed by atoms with Crippen molar-refractivity contribution in [3.63, 3.8) is 0 Å². The third-order valence-corrected chi connectivity index (χ3v) is 5.64. The van der Waals surface area contributed by atoms with E-state index in [0.717, 1.165) is 5.56 Å². The van der Waals surface area contributed by atoms with Crippen molar-refractivity contribution in [2.24, 2.45) is 0 Å².